The van der Waals surface area contributed by atoms with E-state index >= 15 is 0 Å². The van der Waals surface area contributed by atoms with Gasteiger partial charge in [-0.05, 0) is 34.1 Å². The van der Waals surface area contributed by atoms with Crippen LogP contribution >= 0.6 is 0 Å². The van der Waals surface area contributed by atoms with Crippen molar-refractivity contribution in [1.82, 2.24) is 0 Å². The maximum atomic E-state index is 10.4. The second-order valence-electron chi connectivity index (χ2n) is 4.92. The first-order valence-electron chi connectivity index (χ1n) is 8.79. The van der Waals surface area contributed by atoms with Gasteiger partial charge in [0.15, 0.2) is 0 Å². The Labute approximate surface area is 166 Å². The summed E-state index contributed by atoms with van der Waals surface area (Å²) >= 11 is 0. The Morgan fingerprint density at radius 2 is 1.07 bits per heavy atom. The van der Waals surface area contributed by atoms with Crippen LogP contribution in [0.3, 0.4) is 0 Å². The average Bonchev–Trinajstić information content (AvgIpc) is 2.60. The van der Waals surface area contributed by atoms with E-state index in [1.165, 1.54) is 21.3 Å². The van der Waals surface area contributed by atoms with Gasteiger partial charge in [-0.15, -0.1) is 0 Å². The van der Waals surface area contributed by atoms with Gasteiger partial charge in [0, 0.05) is 53.8 Å². The molecule has 0 aliphatic carbocycles. The van der Waals surface area contributed by atoms with Crippen LogP contribution in [-0.2, 0) is 41.1 Å². The zero-order chi connectivity index (χ0) is 21.4. The summed E-state index contributed by atoms with van der Waals surface area (Å²) in [5.74, 6) is -0.308. The van der Waals surface area contributed by atoms with E-state index in [1.807, 2.05) is 27.7 Å². The van der Waals surface area contributed by atoms with E-state index in [1.54, 1.807) is 0 Å². The molecule has 1 N–H and O–H groups in total. The lowest BCUT2D eigenvalue weighted by atomic mass is 10.6. The third kappa shape index (κ3) is 13.8. The molecule has 166 valence electrons. The third-order valence-electron chi connectivity index (χ3n) is 3.10. The van der Waals surface area contributed by atoms with Crippen LogP contribution in [0.5, 0.6) is 0 Å². The smallest absolute Gasteiger partial charge is 0.377 e. The van der Waals surface area contributed by atoms with Crippen LogP contribution in [0.1, 0.15) is 34.1 Å². The molecule has 0 fully saturated rings. The lowest BCUT2D eigenvalue weighted by Crippen LogP contribution is -2.49. The Hall–Kier alpha value is 0.0638. The molecule has 0 atom stereocenters. The predicted octanol–water partition coefficient (Wildman–Crippen LogP) is 1.71. The summed E-state index contributed by atoms with van der Waals surface area (Å²) in [5, 5.41) is 0. The van der Waals surface area contributed by atoms with E-state index in [0.29, 0.717) is 32.5 Å². The van der Waals surface area contributed by atoms with Crippen molar-refractivity contribution in [2.75, 3.05) is 53.5 Å². The van der Waals surface area contributed by atoms with Gasteiger partial charge in [-0.2, -0.15) is 8.42 Å². The molecule has 0 aromatic rings. The van der Waals surface area contributed by atoms with Crippen LogP contribution in [0, 0.1) is 0 Å². The largest absolute Gasteiger partial charge is 0.679 e. The Bertz CT molecular complexity index is 407. The van der Waals surface area contributed by atoms with Crippen molar-refractivity contribution in [3.63, 3.8) is 0 Å². The van der Waals surface area contributed by atoms with Gasteiger partial charge in [-0.25, -0.2) is 0 Å². The second-order valence-corrected chi connectivity index (χ2v) is 11.7. The molecule has 0 saturated carbocycles. The van der Waals surface area contributed by atoms with Crippen molar-refractivity contribution >= 4 is 28.0 Å². The Morgan fingerprint density at radius 3 is 1.30 bits per heavy atom. The van der Waals surface area contributed by atoms with Gasteiger partial charge >= 0.3 is 17.9 Å². The fraction of sp³-hybridized carbons (Fsp3) is 1.00. The first-order valence-corrected chi connectivity index (χ1v) is 14.0. The Morgan fingerprint density at radius 1 is 0.741 bits per heavy atom. The summed E-state index contributed by atoms with van der Waals surface area (Å²) in [6.45, 7) is 9.80. The molecule has 0 bridgehead atoms. The van der Waals surface area contributed by atoms with Crippen molar-refractivity contribution in [3.8, 4) is 0 Å². The maximum Gasteiger partial charge on any atom is 0.679 e. The molecule has 0 aromatic heterocycles. The third-order valence-corrected chi connectivity index (χ3v) is 9.31. The molecule has 0 aromatic carbocycles. The monoisotopic (exact) mass is 452 g/mol. The highest BCUT2D eigenvalue weighted by Gasteiger charge is 2.44. The summed E-state index contributed by atoms with van der Waals surface area (Å²) in [7, 11) is -5.05. The van der Waals surface area contributed by atoms with Crippen LogP contribution in [-0.4, -0.2) is 84.3 Å². The lowest BCUT2D eigenvalue weighted by Gasteiger charge is -2.26. The minimum atomic E-state index is -3.92. The van der Waals surface area contributed by atoms with Crippen molar-refractivity contribution in [2.24, 2.45) is 0 Å². The Kier molecular flexibility index (Phi) is 17.3. The molecule has 10 nitrogen and oxygen atoms in total. The van der Waals surface area contributed by atoms with Gasteiger partial charge < -0.3 is 31.0 Å². The highest BCUT2D eigenvalue weighted by atomic mass is 32.2. The topological polar surface area (TPSA) is 119 Å². The quantitative estimate of drug-likeness (QED) is 0.290. The molecule has 0 spiro atoms. The maximum absolute atomic E-state index is 10.4. The molecule has 0 amide bonds. The fourth-order valence-corrected chi connectivity index (χ4v) is 6.39. The van der Waals surface area contributed by atoms with Gasteiger partial charge in [0.05, 0.1) is 5.75 Å². The van der Waals surface area contributed by atoms with E-state index in [4.69, 9.17) is 35.5 Å². The van der Waals surface area contributed by atoms with Crippen LogP contribution in [0.4, 0.5) is 0 Å². The normalized spacial score (nSPS) is 12.6. The zero-order valence-corrected chi connectivity index (χ0v) is 20.3. The van der Waals surface area contributed by atoms with Gasteiger partial charge in [-0.3, -0.25) is 4.55 Å². The molecule has 0 unspecified atom stereocenters. The summed E-state index contributed by atoms with van der Waals surface area (Å²) < 4.78 is 66.3. The summed E-state index contributed by atoms with van der Waals surface area (Å²) in [6, 6.07) is 0.357. The predicted molar refractivity (Wildman–Crippen MR) is 105 cm³/mol. The molecule has 0 saturated heterocycles. The SMILES string of the molecule is CCO[Si](OCC)(OCC)OCC.CO[Si](CCCS(=O)(=O)O)(OC)OC. The van der Waals surface area contributed by atoms with E-state index < -0.39 is 28.0 Å². The van der Waals surface area contributed by atoms with Crippen molar-refractivity contribution in [3.05, 3.63) is 0 Å². The fourth-order valence-electron chi connectivity index (χ4n) is 1.98. The summed E-state index contributed by atoms with van der Waals surface area (Å²) in [6.07, 6.45) is 0.251. The number of hydrogen-bond donors (Lipinski definition) is 1. The van der Waals surface area contributed by atoms with Crippen LogP contribution < -0.4 is 0 Å². The van der Waals surface area contributed by atoms with Gasteiger partial charge in [0.25, 0.3) is 10.1 Å². The van der Waals surface area contributed by atoms with E-state index in [2.05, 4.69) is 0 Å². The number of hydrogen-bond acceptors (Lipinski definition) is 9. The van der Waals surface area contributed by atoms with E-state index in [0.717, 1.165) is 0 Å². The van der Waals surface area contributed by atoms with Crippen LogP contribution in [0.2, 0.25) is 6.04 Å². The molecule has 27 heavy (non-hydrogen) atoms. The zero-order valence-electron chi connectivity index (χ0n) is 17.5. The van der Waals surface area contributed by atoms with Crippen molar-refractivity contribution in [2.45, 2.75) is 40.2 Å². The summed E-state index contributed by atoms with van der Waals surface area (Å²) in [5.41, 5.74) is 0. The number of rotatable bonds is 15. The van der Waals surface area contributed by atoms with Crippen molar-refractivity contribution in [1.29, 1.82) is 0 Å². The average molecular weight is 453 g/mol. The molecule has 0 aliphatic heterocycles. The molecule has 0 rings (SSSR count). The minimum Gasteiger partial charge on any atom is -0.377 e. The van der Waals surface area contributed by atoms with Gasteiger partial charge in [0.2, 0.25) is 0 Å². The lowest BCUT2D eigenvalue weighted by molar-refractivity contribution is -0.0247. The molecule has 0 heterocycles. The summed E-state index contributed by atoms with van der Waals surface area (Å²) in [4.78, 5) is 0. The highest BCUT2D eigenvalue weighted by Crippen LogP contribution is 2.15. The molecule has 0 radical (unpaired) electrons. The van der Waals surface area contributed by atoms with Gasteiger partial charge in [-0.1, -0.05) is 0 Å². The van der Waals surface area contributed by atoms with E-state index in [9.17, 15) is 8.42 Å². The standard InChI is InChI=1S/C8H20O4Si.C6H16O6SSi/c1-5-9-13(10-6-2,11-7-3)12-8-4;1-10-14(11-2,12-3)6-4-5-13(7,8)9/h5-8H2,1-4H3;4-6H2,1-3H3,(H,7,8,9). The highest BCUT2D eigenvalue weighted by molar-refractivity contribution is 7.85. The molecular weight excluding hydrogens is 416 g/mol. The minimum absolute atomic E-state index is 0.251. The van der Waals surface area contributed by atoms with Gasteiger partial charge in [0.1, 0.15) is 0 Å². The Balaban J connectivity index is 0. The van der Waals surface area contributed by atoms with Crippen LogP contribution in [0.25, 0.3) is 0 Å². The van der Waals surface area contributed by atoms with E-state index in [-0.39, 0.29) is 12.2 Å². The van der Waals surface area contributed by atoms with Crippen molar-refractivity contribution < 1.29 is 44.0 Å². The first kappa shape index (κ1) is 29.3. The molecule has 13 heteroatoms. The first-order chi connectivity index (χ1) is 12.6. The molecule has 0 aliphatic rings. The van der Waals surface area contributed by atoms with Crippen LogP contribution in [0.15, 0.2) is 0 Å². The molecular formula is C14H36O10SSi2. The second kappa shape index (κ2) is 15.9.